The molecular formula is C17H31N3. The highest BCUT2D eigenvalue weighted by molar-refractivity contribution is 5.13. The summed E-state index contributed by atoms with van der Waals surface area (Å²) < 4.78 is 2.19. The van der Waals surface area contributed by atoms with E-state index in [9.17, 15) is 0 Å². The van der Waals surface area contributed by atoms with Crippen LogP contribution in [-0.4, -0.2) is 16.3 Å². The van der Waals surface area contributed by atoms with Crippen LogP contribution in [0.1, 0.15) is 70.2 Å². The second-order valence-electron chi connectivity index (χ2n) is 6.44. The third-order valence-corrected chi connectivity index (χ3v) is 4.98. The number of hydrogen-bond acceptors (Lipinski definition) is 2. The summed E-state index contributed by atoms with van der Waals surface area (Å²) in [5.74, 6) is 0. The summed E-state index contributed by atoms with van der Waals surface area (Å²) in [6.07, 6.45) is 11.6. The van der Waals surface area contributed by atoms with Gasteiger partial charge < -0.3 is 5.73 Å². The highest BCUT2D eigenvalue weighted by Gasteiger charge is 2.30. The van der Waals surface area contributed by atoms with Gasteiger partial charge in [0.2, 0.25) is 0 Å². The van der Waals surface area contributed by atoms with Gasteiger partial charge in [-0.3, -0.25) is 4.68 Å². The molecule has 3 nitrogen and oxygen atoms in total. The maximum Gasteiger partial charge on any atom is 0.0624 e. The van der Waals surface area contributed by atoms with Crippen LogP contribution in [0.4, 0.5) is 0 Å². The molecule has 3 heteroatoms. The lowest BCUT2D eigenvalue weighted by Crippen LogP contribution is -2.34. The Labute approximate surface area is 123 Å². The lowest BCUT2D eigenvalue weighted by Gasteiger charge is -2.34. The van der Waals surface area contributed by atoms with Gasteiger partial charge in [-0.15, -0.1) is 0 Å². The largest absolute Gasteiger partial charge is 0.330 e. The SMILES string of the molecule is CCc1cc(CC2(CN)CCCCCCC2)n(CC)n1. The van der Waals surface area contributed by atoms with Gasteiger partial charge in [-0.1, -0.05) is 39.0 Å². The second kappa shape index (κ2) is 7.26. The Morgan fingerprint density at radius 2 is 1.80 bits per heavy atom. The molecule has 1 saturated carbocycles. The van der Waals surface area contributed by atoms with Gasteiger partial charge in [0.05, 0.1) is 5.69 Å². The van der Waals surface area contributed by atoms with E-state index in [0.29, 0.717) is 5.41 Å². The summed E-state index contributed by atoms with van der Waals surface area (Å²) in [5, 5.41) is 4.70. The zero-order valence-electron chi connectivity index (χ0n) is 13.3. The van der Waals surface area contributed by atoms with Crippen LogP contribution in [0, 0.1) is 5.41 Å². The molecule has 1 aliphatic carbocycles. The second-order valence-corrected chi connectivity index (χ2v) is 6.44. The molecule has 0 radical (unpaired) electrons. The first-order valence-corrected chi connectivity index (χ1v) is 8.48. The van der Waals surface area contributed by atoms with Crippen molar-refractivity contribution in [2.75, 3.05) is 6.54 Å². The Kier molecular flexibility index (Phi) is 5.64. The van der Waals surface area contributed by atoms with Gasteiger partial charge in [-0.05, 0) is 50.6 Å². The van der Waals surface area contributed by atoms with E-state index in [0.717, 1.165) is 25.9 Å². The molecule has 114 valence electrons. The fourth-order valence-electron chi connectivity index (χ4n) is 3.60. The van der Waals surface area contributed by atoms with Crippen molar-refractivity contribution in [1.29, 1.82) is 0 Å². The van der Waals surface area contributed by atoms with Crippen LogP contribution in [0.3, 0.4) is 0 Å². The fraction of sp³-hybridized carbons (Fsp3) is 0.824. The normalized spacial score (nSPS) is 19.6. The number of nitrogens with zero attached hydrogens (tertiary/aromatic N) is 2. The quantitative estimate of drug-likeness (QED) is 0.892. The number of aromatic nitrogens is 2. The number of aryl methyl sites for hydroxylation is 2. The molecule has 1 heterocycles. The molecule has 0 amide bonds. The average molecular weight is 277 g/mol. The summed E-state index contributed by atoms with van der Waals surface area (Å²) in [7, 11) is 0. The lowest BCUT2D eigenvalue weighted by atomic mass is 9.73. The van der Waals surface area contributed by atoms with Crippen molar-refractivity contribution in [3.63, 3.8) is 0 Å². The molecule has 1 aromatic heterocycles. The molecule has 0 spiro atoms. The fourth-order valence-corrected chi connectivity index (χ4v) is 3.60. The standard InChI is InChI=1S/C17H31N3/c1-3-15-12-16(20(4-2)19-15)13-17(14-18)10-8-6-5-7-9-11-17/h12H,3-11,13-14,18H2,1-2H3. The van der Waals surface area contributed by atoms with Crippen molar-refractivity contribution in [2.45, 2.75) is 78.2 Å². The van der Waals surface area contributed by atoms with Crippen molar-refractivity contribution in [3.05, 3.63) is 17.5 Å². The Bertz CT molecular complexity index is 400. The van der Waals surface area contributed by atoms with Gasteiger partial charge in [0.15, 0.2) is 0 Å². The van der Waals surface area contributed by atoms with Gasteiger partial charge >= 0.3 is 0 Å². The molecule has 0 atom stereocenters. The Balaban J connectivity index is 2.16. The summed E-state index contributed by atoms with van der Waals surface area (Å²) in [5.41, 5.74) is 9.15. The van der Waals surface area contributed by atoms with E-state index in [2.05, 4.69) is 24.6 Å². The van der Waals surface area contributed by atoms with E-state index in [-0.39, 0.29) is 0 Å². The molecule has 0 aromatic carbocycles. The maximum atomic E-state index is 6.21. The Morgan fingerprint density at radius 1 is 1.15 bits per heavy atom. The van der Waals surface area contributed by atoms with Crippen LogP contribution < -0.4 is 5.73 Å². The summed E-state index contributed by atoms with van der Waals surface area (Å²) in [6.45, 7) is 6.16. The summed E-state index contributed by atoms with van der Waals surface area (Å²) >= 11 is 0. The molecule has 20 heavy (non-hydrogen) atoms. The molecule has 2 rings (SSSR count). The van der Waals surface area contributed by atoms with Crippen molar-refractivity contribution in [2.24, 2.45) is 11.1 Å². The van der Waals surface area contributed by atoms with E-state index >= 15 is 0 Å². The average Bonchev–Trinajstić information content (AvgIpc) is 2.84. The molecule has 2 N–H and O–H groups in total. The van der Waals surface area contributed by atoms with E-state index in [1.807, 2.05) is 0 Å². The summed E-state index contributed by atoms with van der Waals surface area (Å²) in [4.78, 5) is 0. The first-order chi connectivity index (χ1) is 9.73. The highest BCUT2D eigenvalue weighted by Crippen LogP contribution is 2.36. The molecule has 1 aromatic rings. The molecule has 1 aliphatic rings. The van der Waals surface area contributed by atoms with Gasteiger partial charge in [0.1, 0.15) is 0 Å². The van der Waals surface area contributed by atoms with E-state index in [1.165, 1.54) is 56.3 Å². The minimum absolute atomic E-state index is 0.318. The van der Waals surface area contributed by atoms with Gasteiger partial charge in [0.25, 0.3) is 0 Å². The topological polar surface area (TPSA) is 43.8 Å². The zero-order chi connectivity index (χ0) is 14.4. The summed E-state index contributed by atoms with van der Waals surface area (Å²) in [6, 6.07) is 2.31. The predicted octanol–water partition coefficient (Wildman–Crippen LogP) is 3.70. The number of hydrogen-bond donors (Lipinski definition) is 1. The molecular weight excluding hydrogens is 246 g/mol. The molecule has 0 unspecified atom stereocenters. The van der Waals surface area contributed by atoms with Gasteiger partial charge in [-0.2, -0.15) is 5.10 Å². The van der Waals surface area contributed by atoms with Crippen molar-refractivity contribution in [3.8, 4) is 0 Å². The predicted molar refractivity (Wildman–Crippen MR) is 84.8 cm³/mol. The first-order valence-electron chi connectivity index (χ1n) is 8.48. The van der Waals surface area contributed by atoms with E-state index in [4.69, 9.17) is 10.8 Å². The molecule has 0 bridgehead atoms. The van der Waals surface area contributed by atoms with Crippen LogP contribution in [0.25, 0.3) is 0 Å². The van der Waals surface area contributed by atoms with Crippen LogP contribution in [0.15, 0.2) is 6.07 Å². The van der Waals surface area contributed by atoms with Crippen LogP contribution in [0.2, 0.25) is 0 Å². The molecule has 1 fully saturated rings. The maximum absolute atomic E-state index is 6.21. The smallest absolute Gasteiger partial charge is 0.0624 e. The minimum atomic E-state index is 0.318. The molecule has 0 aliphatic heterocycles. The van der Waals surface area contributed by atoms with Crippen molar-refractivity contribution >= 4 is 0 Å². The van der Waals surface area contributed by atoms with E-state index in [1.54, 1.807) is 0 Å². The third-order valence-electron chi connectivity index (χ3n) is 4.98. The third kappa shape index (κ3) is 3.63. The first kappa shape index (κ1) is 15.6. The lowest BCUT2D eigenvalue weighted by molar-refractivity contribution is 0.212. The molecule has 0 saturated heterocycles. The number of nitrogens with two attached hydrogens (primary N) is 1. The monoisotopic (exact) mass is 277 g/mol. The Hall–Kier alpha value is -0.830. The number of rotatable bonds is 5. The van der Waals surface area contributed by atoms with Gasteiger partial charge in [-0.25, -0.2) is 0 Å². The Morgan fingerprint density at radius 3 is 2.35 bits per heavy atom. The highest BCUT2D eigenvalue weighted by atomic mass is 15.3. The zero-order valence-corrected chi connectivity index (χ0v) is 13.3. The van der Waals surface area contributed by atoms with Crippen molar-refractivity contribution in [1.82, 2.24) is 9.78 Å². The van der Waals surface area contributed by atoms with Crippen molar-refractivity contribution < 1.29 is 0 Å². The van der Waals surface area contributed by atoms with Crippen LogP contribution >= 0.6 is 0 Å². The van der Waals surface area contributed by atoms with Crippen LogP contribution in [-0.2, 0) is 19.4 Å². The van der Waals surface area contributed by atoms with E-state index < -0.39 is 0 Å². The minimum Gasteiger partial charge on any atom is -0.330 e. The van der Waals surface area contributed by atoms with Gasteiger partial charge in [0, 0.05) is 12.2 Å². The van der Waals surface area contributed by atoms with Crippen LogP contribution in [0.5, 0.6) is 0 Å².